The Hall–Kier alpha value is -2.62. The van der Waals surface area contributed by atoms with Crippen molar-refractivity contribution in [3.8, 4) is 11.1 Å². The highest BCUT2D eigenvalue weighted by Gasteiger charge is 2.04. The average molecular weight is 267 g/mol. The van der Waals surface area contributed by atoms with Gasteiger partial charge in [-0.3, -0.25) is 4.68 Å². The smallest absolute Gasteiger partial charge is 0.146 e. The SMILES string of the molecule is Nc1ccc(Cn2cc(-c3ccccc3)cn2)cc1F. The van der Waals surface area contributed by atoms with Gasteiger partial charge in [0, 0.05) is 11.8 Å². The van der Waals surface area contributed by atoms with E-state index in [4.69, 9.17) is 5.73 Å². The van der Waals surface area contributed by atoms with Crippen LogP contribution in [0.1, 0.15) is 5.56 Å². The molecule has 0 aliphatic rings. The van der Waals surface area contributed by atoms with Crippen molar-refractivity contribution in [2.75, 3.05) is 5.73 Å². The molecule has 20 heavy (non-hydrogen) atoms. The number of halogens is 1. The zero-order valence-corrected chi connectivity index (χ0v) is 10.8. The van der Waals surface area contributed by atoms with Crippen LogP contribution < -0.4 is 5.73 Å². The monoisotopic (exact) mass is 267 g/mol. The van der Waals surface area contributed by atoms with Crippen LogP contribution in [0, 0.1) is 5.82 Å². The first-order valence-electron chi connectivity index (χ1n) is 6.34. The van der Waals surface area contributed by atoms with E-state index >= 15 is 0 Å². The zero-order chi connectivity index (χ0) is 13.9. The fourth-order valence-corrected chi connectivity index (χ4v) is 2.09. The van der Waals surface area contributed by atoms with Crippen LogP contribution in [0.15, 0.2) is 60.9 Å². The standard InChI is InChI=1S/C16H14FN3/c17-15-8-12(6-7-16(15)18)10-20-11-14(9-19-20)13-4-2-1-3-5-13/h1-9,11H,10,18H2. The van der Waals surface area contributed by atoms with Crippen molar-refractivity contribution in [2.45, 2.75) is 6.54 Å². The Morgan fingerprint density at radius 2 is 1.85 bits per heavy atom. The highest BCUT2D eigenvalue weighted by molar-refractivity contribution is 5.61. The molecule has 0 spiro atoms. The minimum atomic E-state index is -0.391. The Labute approximate surface area is 116 Å². The molecule has 0 saturated heterocycles. The summed E-state index contributed by atoms with van der Waals surface area (Å²) in [5, 5.41) is 4.30. The Morgan fingerprint density at radius 1 is 1.05 bits per heavy atom. The molecule has 0 fully saturated rings. The second-order valence-electron chi connectivity index (χ2n) is 4.65. The maximum Gasteiger partial charge on any atom is 0.146 e. The van der Waals surface area contributed by atoms with Gasteiger partial charge in [0.05, 0.1) is 18.4 Å². The van der Waals surface area contributed by atoms with E-state index in [0.29, 0.717) is 6.54 Å². The molecular weight excluding hydrogens is 253 g/mol. The lowest BCUT2D eigenvalue weighted by molar-refractivity contribution is 0.623. The van der Waals surface area contributed by atoms with Gasteiger partial charge in [0.1, 0.15) is 5.82 Å². The molecule has 0 amide bonds. The van der Waals surface area contributed by atoms with Crippen LogP contribution in [0.25, 0.3) is 11.1 Å². The number of anilines is 1. The van der Waals surface area contributed by atoms with E-state index in [1.807, 2.05) is 48.8 Å². The van der Waals surface area contributed by atoms with Gasteiger partial charge in [-0.1, -0.05) is 36.4 Å². The van der Waals surface area contributed by atoms with Gasteiger partial charge in [-0.25, -0.2) is 4.39 Å². The zero-order valence-electron chi connectivity index (χ0n) is 10.8. The maximum absolute atomic E-state index is 13.4. The molecule has 3 aromatic rings. The second-order valence-corrected chi connectivity index (χ2v) is 4.65. The van der Waals surface area contributed by atoms with E-state index in [1.165, 1.54) is 6.07 Å². The molecular formula is C16H14FN3. The van der Waals surface area contributed by atoms with Gasteiger partial charge in [0.15, 0.2) is 0 Å². The molecule has 0 atom stereocenters. The minimum absolute atomic E-state index is 0.166. The molecule has 3 nitrogen and oxygen atoms in total. The Kier molecular flexibility index (Phi) is 3.21. The lowest BCUT2D eigenvalue weighted by Gasteiger charge is -2.03. The van der Waals surface area contributed by atoms with Gasteiger partial charge >= 0.3 is 0 Å². The van der Waals surface area contributed by atoms with Crippen molar-refractivity contribution in [1.29, 1.82) is 0 Å². The third-order valence-corrected chi connectivity index (χ3v) is 3.15. The highest BCUT2D eigenvalue weighted by atomic mass is 19.1. The third kappa shape index (κ3) is 2.54. The quantitative estimate of drug-likeness (QED) is 0.740. The normalized spacial score (nSPS) is 10.7. The van der Waals surface area contributed by atoms with Crippen LogP contribution in [-0.2, 0) is 6.54 Å². The predicted octanol–water partition coefficient (Wildman–Crippen LogP) is 3.32. The van der Waals surface area contributed by atoms with Gasteiger partial charge < -0.3 is 5.73 Å². The molecule has 2 aromatic carbocycles. The van der Waals surface area contributed by atoms with Gasteiger partial charge in [-0.2, -0.15) is 5.10 Å². The molecule has 1 heterocycles. The van der Waals surface area contributed by atoms with Crippen molar-refractivity contribution in [3.63, 3.8) is 0 Å². The van der Waals surface area contributed by atoms with Crippen molar-refractivity contribution in [3.05, 3.63) is 72.3 Å². The van der Waals surface area contributed by atoms with E-state index < -0.39 is 5.82 Å². The summed E-state index contributed by atoms with van der Waals surface area (Å²) in [4.78, 5) is 0. The average Bonchev–Trinajstić information content (AvgIpc) is 2.92. The third-order valence-electron chi connectivity index (χ3n) is 3.15. The molecule has 0 saturated carbocycles. The van der Waals surface area contributed by atoms with Gasteiger partial charge in [-0.15, -0.1) is 0 Å². The number of rotatable bonds is 3. The lowest BCUT2D eigenvalue weighted by Crippen LogP contribution is -2.01. The molecule has 0 bridgehead atoms. The van der Waals surface area contributed by atoms with E-state index in [2.05, 4.69) is 5.10 Å². The first kappa shape index (κ1) is 12.4. The number of hydrogen-bond donors (Lipinski definition) is 1. The summed E-state index contributed by atoms with van der Waals surface area (Å²) in [5.74, 6) is -0.391. The largest absolute Gasteiger partial charge is 0.396 e. The van der Waals surface area contributed by atoms with Crippen LogP contribution in [0.2, 0.25) is 0 Å². The Bertz CT molecular complexity index is 720. The number of aromatic nitrogens is 2. The predicted molar refractivity (Wildman–Crippen MR) is 77.6 cm³/mol. The molecule has 4 heteroatoms. The van der Waals surface area contributed by atoms with Crippen LogP contribution in [0.5, 0.6) is 0 Å². The number of nitrogens with zero attached hydrogens (tertiary/aromatic N) is 2. The van der Waals surface area contributed by atoms with E-state index in [9.17, 15) is 4.39 Å². The highest BCUT2D eigenvalue weighted by Crippen LogP contribution is 2.18. The summed E-state index contributed by atoms with van der Waals surface area (Å²) in [7, 11) is 0. The Morgan fingerprint density at radius 3 is 2.60 bits per heavy atom. The first-order chi connectivity index (χ1) is 9.72. The second kappa shape index (κ2) is 5.17. The van der Waals surface area contributed by atoms with Gasteiger partial charge in [-0.05, 0) is 23.3 Å². The number of nitrogen functional groups attached to an aromatic ring is 1. The van der Waals surface area contributed by atoms with E-state index in [1.54, 1.807) is 10.7 Å². The van der Waals surface area contributed by atoms with Crippen LogP contribution >= 0.6 is 0 Å². The number of benzene rings is 2. The summed E-state index contributed by atoms with van der Waals surface area (Å²) in [6.07, 6.45) is 3.76. The van der Waals surface area contributed by atoms with E-state index in [-0.39, 0.29) is 5.69 Å². The molecule has 100 valence electrons. The fraction of sp³-hybridized carbons (Fsp3) is 0.0625. The number of nitrogens with two attached hydrogens (primary N) is 1. The van der Waals surface area contributed by atoms with E-state index in [0.717, 1.165) is 16.7 Å². The van der Waals surface area contributed by atoms with Crippen LogP contribution in [0.3, 0.4) is 0 Å². The molecule has 0 radical (unpaired) electrons. The minimum Gasteiger partial charge on any atom is -0.396 e. The molecule has 0 aliphatic carbocycles. The first-order valence-corrected chi connectivity index (χ1v) is 6.34. The molecule has 0 unspecified atom stereocenters. The van der Waals surface area contributed by atoms with Gasteiger partial charge in [0.2, 0.25) is 0 Å². The van der Waals surface area contributed by atoms with Crippen molar-refractivity contribution in [2.24, 2.45) is 0 Å². The Balaban J connectivity index is 1.82. The summed E-state index contributed by atoms with van der Waals surface area (Å²) >= 11 is 0. The molecule has 1 aromatic heterocycles. The topological polar surface area (TPSA) is 43.8 Å². The summed E-state index contributed by atoms with van der Waals surface area (Å²) < 4.78 is 15.2. The molecule has 3 rings (SSSR count). The van der Waals surface area contributed by atoms with Crippen molar-refractivity contribution < 1.29 is 4.39 Å². The summed E-state index contributed by atoms with van der Waals surface area (Å²) in [6, 6.07) is 14.8. The molecule has 2 N–H and O–H groups in total. The van der Waals surface area contributed by atoms with Gasteiger partial charge in [0.25, 0.3) is 0 Å². The summed E-state index contributed by atoms with van der Waals surface area (Å²) in [6.45, 7) is 0.518. The number of hydrogen-bond acceptors (Lipinski definition) is 2. The molecule has 0 aliphatic heterocycles. The van der Waals surface area contributed by atoms with Crippen molar-refractivity contribution in [1.82, 2.24) is 9.78 Å². The maximum atomic E-state index is 13.4. The summed E-state index contributed by atoms with van der Waals surface area (Å²) in [5.41, 5.74) is 8.62. The van der Waals surface area contributed by atoms with Crippen molar-refractivity contribution >= 4 is 5.69 Å². The fourth-order valence-electron chi connectivity index (χ4n) is 2.09. The van der Waals surface area contributed by atoms with Crippen LogP contribution in [-0.4, -0.2) is 9.78 Å². The van der Waals surface area contributed by atoms with Crippen LogP contribution in [0.4, 0.5) is 10.1 Å². The lowest BCUT2D eigenvalue weighted by atomic mass is 10.1.